The van der Waals surface area contributed by atoms with Gasteiger partial charge in [-0.1, -0.05) is 18.2 Å². The maximum absolute atomic E-state index is 10.2. The highest BCUT2D eigenvalue weighted by molar-refractivity contribution is 5.87. The van der Waals surface area contributed by atoms with E-state index in [-0.39, 0.29) is 34.8 Å². The minimum atomic E-state index is -0.240. The van der Waals surface area contributed by atoms with E-state index in [4.69, 9.17) is 0 Å². The summed E-state index contributed by atoms with van der Waals surface area (Å²) >= 11 is 0. The monoisotopic (exact) mass is 430 g/mol. The molecule has 162 valence electrons. The first-order valence-corrected chi connectivity index (χ1v) is 10.1. The number of benzene rings is 3. The topological polar surface area (TPSA) is 109 Å². The van der Waals surface area contributed by atoms with Crippen LogP contribution in [-0.4, -0.2) is 37.3 Å². The summed E-state index contributed by atoms with van der Waals surface area (Å²) < 4.78 is 1.93. The van der Waals surface area contributed by atoms with E-state index in [9.17, 15) is 25.5 Å². The molecule has 0 saturated heterocycles. The molecule has 5 rings (SSSR count). The van der Waals surface area contributed by atoms with Gasteiger partial charge in [-0.3, -0.25) is 4.68 Å². The lowest BCUT2D eigenvalue weighted by Gasteiger charge is -2.25. The number of phenols is 5. The van der Waals surface area contributed by atoms with Crippen LogP contribution in [0.3, 0.4) is 0 Å². The number of aryl methyl sites for hydroxylation is 1. The van der Waals surface area contributed by atoms with Crippen LogP contribution in [0.1, 0.15) is 22.7 Å². The minimum absolute atomic E-state index is 0.187. The smallest absolute Gasteiger partial charge is 0.159 e. The zero-order valence-corrected chi connectivity index (χ0v) is 17.5. The van der Waals surface area contributed by atoms with Gasteiger partial charge >= 0.3 is 0 Å². The van der Waals surface area contributed by atoms with Crippen LogP contribution in [0.25, 0.3) is 23.1 Å². The number of nitrogens with zero attached hydrogens (tertiary/aromatic N) is 2. The third-order valence-electron chi connectivity index (χ3n) is 6.03. The highest BCUT2D eigenvalue weighted by Crippen LogP contribution is 2.34. The van der Waals surface area contributed by atoms with Crippen LogP contribution in [0.2, 0.25) is 0 Å². The second kappa shape index (κ2) is 6.88. The van der Waals surface area contributed by atoms with E-state index in [1.807, 2.05) is 47.9 Å². The van der Waals surface area contributed by atoms with Crippen molar-refractivity contribution in [3.63, 3.8) is 0 Å². The number of rotatable bonds is 2. The van der Waals surface area contributed by atoms with Crippen molar-refractivity contribution in [3.05, 3.63) is 75.8 Å². The molecular weight excluding hydrogens is 408 g/mol. The predicted octanol–water partition coefficient (Wildman–Crippen LogP) is 2.41. The first-order valence-electron chi connectivity index (χ1n) is 10.1. The Morgan fingerprint density at radius 1 is 0.781 bits per heavy atom. The Morgan fingerprint density at radius 2 is 1.50 bits per heavy atom. The van der Waals surface area contributed by atoms with Crippen molar-refractivity contribution >= 4 is 23.1 Å². The van der Waals surface area contributed by atoms with Crippen LogP contribution in [0.15, 0.2) is 48.5 Å². The zero-order valence-electron chi connectivity index (χ0n) is 17.5. The van der Waals surface area contributed by atoms with Gasteiger partial charge in [0.15, 0.2) is 23.0 Å². The lowest BCUT2D eigenvalue weighted by atomic mass is 10.0. The van der Waals surface area contributed by atoms with E-state index in [1.54, 1.807) is 12.1 Å². The summed E-state index contributed by atoms with van der Waals surface area (Å²) in [5.74, 6) is -0.636. The van der Waals surface area contributed by atoms with Gasteiger partial charge in [0.1, 0.15) is 5.75 Å². The molecule has 7 heteroatoms. The normalized spacial score (nSPS) is 15.9. The van der Waals surface area contributed by atoms with Crippen LogP contribution in [0, 0.1) is 6.92 Å². The Labute approximate surface area is 183 Å². The molecule has 1 atom stereocenters. The molecule has 0 aliphatic carbocycles. The molecule has 7 nitrogen and oxygen atoms in total. The van der Waals surface area contributed by atoms with Crippen LogP contribution in [-0.2, 0) is 0 Å². The maximum Gasteiger partial charge on any atom is 0.159 e. The fourth-order valence-electron chi connectivity index (χ4n) is 4.29. The lowest BCUT2D eigenvalue weighted by Crippen LogP contribution is -2.35. The van der Waals surface area contributed by atoms with Gasteiger partial charge in [0.25, 0.3) is 0 Å². The molecule has 1 unspecified atom stereocenters. The minimum Gasteiger partial charge on any atom is -0.508 e. The number of hydrogen-bond donors (Lipinski definition) is 5. The summed E-state index contributed by atoms with van der Waals surface area (Å²) in [5.41, 5.74) is 3.04. The van der Waals surface area contributed by atoms with Crippen LogP contribution in [0.5, 0.6) is 28.7 Å². The fourth-order valence-corrected chi connectivity index (χ4v) is 4.29. The largest absolute Gasteiger partial charge is 0.508 e. The van der Waals surface area contributed by atoms with Crippen LogP contribution < -0.4 is 15.6 Å². The Kier molecular flexibility index (Phi) is 4.23. The highest BCUT2D eigenvalue weighted by Gasteiger charge is 2.26. The Balaban J connectivity index is 1.81. The average molecular weight is 430 g/mol. The average Bonchev–Trinajstić information content (AvgIpc) is 3.23. The number of aromatic nitrogens is 1. The molecule has 5 N–H and O–H groups in total. The molecule has 2 heterocycles. The van der Waals surface area contributed by atoms with E-state index in [1.165, 1.54) is 24.3 Å². The van der Waals surface area contributed by atoms with Crippen molar-refractivity contribution in [1.29, 1.82) is 0 Å². The van der Waals surface area contributed by atoms with Crippen molar-refractivity contribution in [2.24, 2.45) is 0 Å². The van der Waals surface area contributed by atoms with E-state index < -0.39 is 0 Å². The summed E-state index contributed by atoms with van der Waals surface area (Å²) in [6, 6.07) is 12.9. The van der Waals surface area contributed by atoms with Crippen molar-refractivity contribution in [3.8, 4) is 28.7 Å². The van der Waals surface area contributed by atoms with Crippen molar-refractivity contribution in [1.82, 2.24) is 4.68 Å². The molecule has 0 saturated carbocycles. The Morgan fingerprint density at radius 3 is 2.22 bits per heavy atom. The van der Waals surface area contributed by atoms with Gasteiger partial charge in [0.2, 0.25) is 0 Å². The lowest BCUT2D eigenvalue weighted by molar-refractivity contribution is 0.402. The molecular formula is C25H22N2O5. The second-order valence-electron chi connectivity index (χ2n) is 8.09. The number of hydrogen-bond acceptors (Lipinski definition) is 6. The van der Waals surface area contributed by atoms with E-state index >= 15 is 0 Å². The molecule has 0 fully saturated rings. The highest BCUT2D eigenvalue weighted by atomic mass is 16.3. The van der Waals surface area contributed by atoms with Crippen molar-refractivity contribution in [2.75, 3.05) is 12.1 Å². The van der Waals surface area contributed by atoms with Gasteiger partial charge in [-0.15, -0.1) is 0 Å². The quantitative estimate of drug-likeness (QED) is 0.313. The van der Waals surface area contributed by atoms with Gasteiger partial charge in [0, 0.05) is 23.7 Å². The van der Waals surface area contributed by atoms with Gasteiger partial charge in [-0.2, -0.15) is 0 Å². The van der Waals surface area contributed by atoms with Gasteiger partial charge in [0.05, 0.1) is 16.9 Å². The number of fused-ring (bicyclic) bond motifs is 3. The number of aromatic hydroxyl groups is 5. The second-order valence-corrected chi connectivity index (χ2v) is 8.09. The molecule has 4 aromatic rings. The number of phenolic OH excluding ortho intramolecular Hbond substituents is 5. The van der Waals surface area contributed by atoms with E-state index in [0.717, 1.165) is 32.6 Å². The summed E-state index contributed by atoms with van der Waals surface area (Å²) in [6.45, 7) is 1.83. The Hall–Kier alpha value is -4.26. The summed E-state index contributed by atoms with van der Waals surface area (Å²) in [7, 11) is 1.88. The van der Waals surface area contributed by atoms with E-state index in [2.05, 4.69) is 0 Å². The predicted molar refractivity (Wildman–Crippen MR) is 122 cm³/mol. The van der Waals surface area contributed by atoms with Gasteiger partial charge < -0.3 is 30.5 Å². The van der Waals surface area contributed by atoms with E-state index in [0.29, 0.717) is 5.52 Å². The first kappa shape index (κ1) is 19.7. The third kappa shape index (κ3) is 2.90. The van der Waals surface area contributed by atoms with Crippen LogP contribution in [0.4, 0.5) is 0 Å². The summed E-state index contributed by atoms with van der Waals surface area (Å²) in [6.07, 6.45) is 3.94. The third-order valence-corrected chi connectivity index (χ3v) is 6.03. The molecule has 3 aromatic carbocycles. The zero-order chi connectivity index (χ0) is 22.7. The molecule has 1 aliphatic heterocycles. The molecule has 1 aromatic heterocycles. The molecule has 0 bridgehead atoms. The molecule has 0 radical (unpaired) electrons. The van der Waals surface area contributed by atoms with Gasteiger partial charge in [-0.25, -0.2) is 0 Å². The van der Waals surface area contributed by atoms with Gasteiger partial charge in [-0.05, 0) is 60.0 Å². The molecule has 0 spiro atoms. The summed E-state index contributed by atoms with van der Waals surface area (Å²) in [4.78, 5) is 0. The SMILES string of the molecule is Cc1ccc(/C=c2\c3n(c4cc(O)c(O)cc24)N(C)C(c2ccc(O)c(O)c2)C=3)cc1O. The fraction of sp³-hybridized carbons (Fsp3) is 0.120. The van der Waals surface area contributed by atoms with Crippen LogP contribution >= 0.6 is 0 Å². The standard InChI is InChI=1S/C25H22N2O5/c1-13-3-4-14(8-22(13)29)7-16-17-10-24(31)25(32)12-20(17)27-19(16)11-18(26(27)2)15-5-6-21(28)23(30)9-15/h3-12,18,28-32H,1-2H3/b16-7-. The summed E-state index contributed by atoms with van der Waals surface area (Å²) in [5, 5.41) is 54.4. The van der Waals surface area contributed by atoms with Crippen molar-refractivity contribution < 1.29 is 25.5 Å². The molecule has 32 heavy (non-hydrogen) atoms. The molecule has 1 aliphatic rings. The maximum atomic E-state index is 10.2. The van der Waals surface area contributed by atoms with Crippen molar-refractivity contribution in [2.45, 2.75) is 13.0 Å². The Bertz CT molecular complexity index is 1520. The first-order chi connectivity index (χ1) is 15.2. The molecule has 0 amide bonds.